The molecule has 0 aliphatic heterocycles. The molecule has 2 aromatic rings. The van der Waals surface area contributed by atoms with Crippen LogP contribution >= 0.6 is 0 Å². The standard InChI is InChI=1S/C14H16N2/c15-11-13-8-9-16-14(10-13)7-6-12-4-2-1-3-5-12/h1-5,8-10H,6-7,11,15H2. The van der Waals surface area contributed by atoms with Gasteiger partial charge in [-0.05, 0) is 36.1 Å². The van der Waals surface area contributed by atoms with E-state index < -0.39 is 0 Å². The number of aryl methyl sites for hydroxylation is 2. The smallest absolute Gasteiger partial charge is 0.0410 e. The SMILES string of the molecule is NCc1ccnc(CCc2ccccc2)c1. The van der Waals surface area contributed by atoms with Crippen molar-refractivity contribution in [1.82, 2.24) is 4.98 Å². The van der Waals surface area contributed by atoms with Crippen molar-refractivity contribution >= 4 is 0 Å². The predicted molar refractivity (Wildman–Crippen MR) is 66.0 cm³/mol. The summed E-state index contributed by atoms with van der Waals surface area (Å²) in [5.74, 6) is 0. The Kier molecular flexibility index (Phi) is 3.67. The van der Waals surface area contributed by atoms with Crippen molar-refractivity contribution in [2.45, 2.75) is 19.4 Å². The number of nitrogens with two attached hydrogens (primary N) is 1. The molecular formula is C14H16N2. The number of aromatic nitrogens is 1. The van der Waals surface area contributed by atoms with E-state index in [0.29, 0.717) is 6.54 Å². The van der Waals surface area contributed by atoms with Crippen LogP contribution in [0.3, 0.4) is 0 Å². The zero-order chi connectivity index (χ0) is 11.2. The second-order valence-corrected chi connectivity index (χ2v) is 3.85. The van der Waals surface area contributed by atoms with E-state index in [4.69, 9.17) is 5.73 Å². The molecule has 1 heterocycles. The lowest BCUT2D eigenvalue weighted by atomic mass is 10.1. The molecule has 0 saturated heterocycles. The lowest BCUT2D eigenvalue weighted by Gasteiger charge is -2.03. The van der Waals surface area contributed by atoms with Gasteiger partial charge in [0, 0.05) is 18.4 Å². The molecular weight excluding hydrogens is 196 g/mol. The van der Waals surface area contributed by atoms with Gasteiger partial charge in [0.1, 0.15) is 0 Å². The Morgan fingerprint density at radius 3 is 2.50 bits per heavy atom. The first-order chi connectivity index (χ1) is 7.88. The largest absolute Gasteiger partial charge is 0.326 e. The molecule has 0 spiro atoms. The number of benzene rings is 1. The number of nitrogens with zero attached hydrogens (tertiary/aromatic N) is 1. The van der Waals surface area contributed by atoms with Crippen LogP contribution in [-0.4, -0.2) is 4.98 Å². The third-order valence-corrected chi connectivity index (χ3v) is 2.63. The van der Waals surface area contributed by atoms with Gasteiger partial charge in [-0.1, -0.05) is 30.3 Å². The topological polar surface area (TPSA) is 38.9 Å². The molecule has 0 unspecified atom stereocenters. The van der Waals surface area contributed by atoms with Crippen molar-refractivity contribution in [3.8, 4) is 0 Å². The zero-order valence-electron chi connectivity index (χ0n) is 9.26. The Hall–Kier alpha value is -1.67. The maximum absolute atomic E-state index is 5.60. The highest BCUT2D eigenvalue weighted by Crippen LogP contribution is 2.06. The van der Waals surface area contributed by atoms with Crippen molar-refractivity contribution in [3.63, 3.8) is 0 Å². The van der Waals surface area contributed by atoms with E-state index in [2.05, 4.69) is 35.3 Å². The summed E-state index contributed by atoms with van der Waals surface area (Å²) >= 11 is 0. The molecule has 0 saturated carbocycles. The number of pyridine rings is 1. The van der Waals surface area contributed by atoms with E-state index in [9.17, 15) is 0 Å². The van der Waals surface area contributed by atoms with Crippen LogP contribution in [0.1, 0.15) is 16.8 Å². The highest BCUT2D eigenvalue weighted by atomic mass is 14.7. The first kappa shape index (κ1) is 10.8. The number of hydrogen-bond acceptors (Lipinski definition) is 2. The van der Waals surface area contributed by atoms with Crippen LogP contribution in [-0.2, 0) is 19.4 Å². The van der Waals surface area contributed by atoms with Gasteiger partial charge in [0.25, 0.3) is 0 Å². The van der Waals surface area contributed by atoms with Gasteiger partial charge in [-0.3, -0.25) is 4.98 Å². The van der Waals surface area contributed by atoms with Gasteiger partial charge in [0.05, 0.1) is 0 Å². The predicted octanol–water partition coefficient (Wildman–Crippen LogP) is 2.33. The molecule has 0 fully saturated rings. The van der Waals surface area contributed by atoms with Crippen LogP contribution in [0, 0.1) is 0 Å². The summed E-state index contributed by atoms with van der Waals surface area (Å²) in [5.41, 5.74) is 9.22. The van der Waals surface area contributed by atoms with Gasteiger partial charge in [-0.15, -0.1) is 0 Å². The van der Waals surface area contributed by atoms with Gasteiger partial charge < -0.3 is 5.73 Å². The van der Waals surface area contributed by atoms with Gasteiger partial charge in [0.2, 0.25) is 0 Å². The van der Waals surface area contributed by atoms with Crippen LogP contribution in [0.25, 0.3) is 0 Å². The molecule has 1 aromatic heterocycles. The van der Waals surface area contributed by atoms with Crippen LogP contribution in [0.2, 0.25) is 0 Å². The molecule has 2 heteroatoms. The second-order valence-electron chi connectivity index (χ2n) is 3.85. The molecule has 0 amide bonds. The summed E-state index contributed by atoms with van der Waals surface area (Å²) < 4.78 is 0. The molecule has 0 atom stereocenters. The quantitative estimate of drug-likeness (QED) is 0.844. The highest BCUT2D eigenvalue weighted by Gasteiger charge is 1.97. The van der Waals surface area contributed by atoms with E-state index in [-0.39, 0.29) is 0 Å². The van der Waals surface area contributed by atoms with Gasteiger partial charge >= 0.3 is 0 Å². The van der Waals surface area contributed by atoms with E-state index in [0.717, 1.165) is 24.1 Å². The molecule has 2 nitrogen and oxygen atoms in total. The summed E-state index contributed by atoms with van der Waals surface area (Å²) in [6.45, 7) is 0.584. The first-order valence-electron chi connectivity index (χ1n) is 5.56. The van der Waals surface area contributed by atoms with E-state index in [1.54, 1.807) is 0 Å². The van der Waals surface area contributed by atoms with Crippen molar-refractivity contribution in [2.75, 3.05) is 0 Å². The fourth-order valence-electron chi connectivity index (χ4n) is 1.71. The number of hydrogen-bond donors (Lipinski definition) is 1. The van der Waals surface area contributed by atoms with Crippen LogP contribution < -0.4 is 5.73 Å². The Labute approximate surface area is 96.1 Å². The van der Waals surface area contributed by atoms with Crippen LogP contribution in [0.5, 0.6) is 0 Å². The van der Waals surface area contributed by atoms with Gasteiger partial charge in [-0.25, -0.2) is 0 Å². The van der Waals surface area contributed by atoms with Crippen LogP contribution in [0.15, 0.2) is 48.7 Å². The third-order valence-electron chi connectivity index (χ3n) is 2.63. The minimum Gasteiger partial charge on any atom is -0.326 e. The summed E-state index contributed by atoms with van der Waals surface area (Å²) in [5, 5.41) is 0. The average Bonchev–Trinajstić information content (AvgIpc) is 2.38. The molecule has 0 aliphatic carbocycles. The number of rotatable bonds is 4. The second kappa shape index (κ2) is 5.42. The summed E-state index contributed by atoms with van der Waals surface area (Å²) in [6, 6.07) is 14.5. The molecule has 0 aliphatic rings. The third kappa shape index (κ3) is 2.91. The molecule has 0 bridgehead atoms. The summed E-state index contributed by atoms with van der Waals surface area (Å²) in [7, 11) is 0. The zero-order valence-corrected chi connectivity index (χ0v) is 9.26. The van der Waals surface area contributed by atoms with Gasteiger partial charge in [0.15, 0.2) is 0 Å². The van der Waals surface area contributed by atoms with Crippen molar-refractivity contribution in [3.05, 3.63) is 65.5 Å². The summed E-state index contributed by atoms with van der Waals surface area (Å²) in [4.78, 5) is 4.35. The minimum absolute atomic E-state index is 0.584. The van der Waals surface area contributed by atoms with E-state index in [1.807, 2.05) is 18.3 Å². The molecule has 0 radical (unpaired) electrons. The van der Waals surface area contributed by atoms with Crippen LogP contribution in [0.4, 0.5) is 0 Å². The van der Waals surface area contributed by atoms with E-state index >= 15 is 0 Å². The Morgan fingerprint density at radius 2 is 1.75 bits per heavy atom. The minimum atomic E-state index is 0.584. The molecule has 1 aromatic carbocycles. The molecule has 2 rings (SSSR count). The lowest BCUT2D eigenvalue weighted by Crippen LogP contribution is -2.00. The van der Waals surface area contributed by atoms with E-state index in [1.165, 1.54) is 5.56 Å². The van der Waals surface area contributed by atoms with Crippen molar-refractivity contribution in [1.29, 1.82) is 0 Å². The van der Waals surface area contributed by atoms with Gasteiger partial charge in [-0.2, -0.15) is 0 Å². The molecule has 2 N–H and O–H groups in total. The Bertz CT molecular complexity index is 437. The first-order valence-corrected chi connectivity index (χ1v) is 5.56. The normalized spacial score (nSPS) is 10.3. The van der Waals surface area contributed by atoms with Crippen molar-refractivity contribution in [2.24, 2.45) is 5.73 Å². The Balaban J connectivity index is 1.99. The molecule has 82 valence electrons. The monoisotopic (exact) mass is 212 g/mol. The maximum atomic E-state index is 5.60. The maximum Gasteiger partial charge on any atom is 0.0410 e. The fourth-order valence-corrected chi connectivity index (χ4v) is 1.71. The summed E-state index contributed by atoms with van der Waals surface area (Å²) in [6.07, 6.45) is 3.84. The molecule has 16 heavy (non-hydrogen) atoms. The lowest BCUT2D eigenvalue weighted by molar-refractivity contribution is 0.902. The fraction of sp³-hybridized carbons (Fsp3) is 0.214. The Morgan fingerprint density at radius 1 is 0.938 bits per heavy atom. The highest BCUT2D eigenvalue weighted by molar-refractivity contribution is 5.19. The van der Waals surface area contributed by atoms with Crippen molar-refractivity contribution < 1.29 is 0 Å². The average molecular weight is 212 g/mol.